The summed E-state index contributed by atoms with van der Waals surface area (Å²) in [4.78, 5) is 18.4. The SMILES string of the molecule is CC(C)(C)N1CCC[C@H](CNc2nc(-c3c[nH]c4ncc(Cl)cc34)ncc2F)C1. The number of H-pyrrole nitrogens is 1. The Bertz CT molecular complexity index is 1010. The number of halogens is 2. The molecule has 3 aromatic heterocycles. The van der Waals surface area contributed by atoms with Crippen LogP contribution in [-0.4, -0.2) is 50.0 Å². The molecule has 0 spiro atoms. The van der Waals surface area contributed by atoms with Gasteiger partial charge in [0, 0.05) is 42.0 Å². The lowest BCUT2D eigenvalue weighted by Crippen LogP contribution is -2.48. The Morgan fingerprint density at radius 2 is 2.14 bits per heavy atom. The number of rotatable bonds is 4. The highest BCUT2D eigenvalue weighted by Gasteiger charge is 2.28. The van der Waals surface area contributed by atoms with Crippen molar-refractivity contribution in [3.8, 4) is 11.4 Å². The maximum Gasteiger partial charge on any atom is 0.183 e. The largest absolute Gasteiger partial charge is 0.367 e. The Morgan fingerprint density at radius 3 is 2.93 bits per heavy atom. The van der Waals surface area contributed by atoms with Crippen molar-refractivity contribution in [3.05, 3.63) is 35.5 Å². The van der Waals surface area contributed by atoms with Gasteiger partial charge in [-0.1, -0.05) is 11.6 Å². The molecule has 1 atom stereocenters. The monoisotopic (exact) mass is 416 g/mol. The van der Waals surface area contributed by atoms with E-state index in [0.717, 1.165) is 36.9 Å². The third-order valence-corrected chi connectivity index (χ3v) is 5.72. The Kier molecular flexibility index (Phi) is 5.44. The summed E-state index contributed by atoms with van der Waals surface area (Å²) in [5.41, 5.74) is 1.59. The second-order valence-corrected chi connectivity index (χ2v) is 9.08. The first-order valence-corrected chi connectivity index (χ1v) is 10.3. The van der Waals surface area contributed by atoms with Gasteiger partial charge in [-0.05, 0) is 52.1 Å². The quantitative estimate of drug-likeness (QED) is 0.643. The standard InChI is InChI=1S/C21H26ClFN6/c1-21(2,3)29-6-4-5-13(12-29)8-24-20-17(23)11-27-19(28-20)16-10-26-18-15(16)7-14(22)9-25-18/h7,9-11,13H,4-6,8,12H2,1-3H3,(H,25,26)(H,24,27,28)/t13-/m1/s1. The predicted molar refractivity (Wildman–Crippen MR) is 115 cm³/mol. The summed E-state index contributed by atoms with van der Waals surface area (Å²) < 4.78 is 14.4. The minimum absolute atomic E-state index is 0.149. The molecule has 29 heavy (non-hydrogen) atoms. The third kappa shape index (κ3) is 4.36. The lowest BCUT2D eigenvalue weighted by atomic mass is 9.93. The van der Waals surface area contributed by atoms with E-state index >= 15 is 0 Å². The van der Waals surface area contributed by atoms with Crippen molar-refractivity contribution in [2.45, 2.75) is 39.2 Å². The van der Waals surface area contributed by atoms with E-state index in [1.54, 1.807) is 18.5 Å². The van der Waals surface area contributed by atoms with Gasteiger partial charge in [0.1, 0.15) is 5.65 Å². The molecular weight excluding hydrogens is 391 g/mol. The molecule has 0 aromatic carbocycles. The first-order chi connectivity index (χ1) is 13.8. The zero-order chi connectivity index (χ0) is 20.6. The van der Waals surface area contributed by atoms with E-state index in [2.05, 4.69) is 50.9 Å². The molecule has 0 saturated carbocycles. The van der Waals surface area contributed by atoms with Crippen LogP contribution in [0.1, 0.15) is 33.6 Å². The minimum atomic E-state index is -0.451. The minimum Gasteiger partial charge on any atom is -0.367 e. The number of nitrogens with one attached hydrogen (secondary N) is 2. The summed E-state index contributed by atoms with van der Waals surface area (Å²) >= 11 is 6.08. The number of hydrogen-bond donors (Lipinski definition) is 2. The second-order valence-electron chi connectivity index (χ2n) is 8.65. The molecule has 0 aliphatic carbocycles. The molecule has 154 valence electrons. The maximum absolute atomic E-state index is 14.4. The number of pyridine rings is 1. The molecule has 0 bridgehead atoms. The zero-order valence-corrected chi connectivity index (χ0v) is 17.7. The van der Waals surface area contributed by atoms with Crippen LogP contribution in [0, 0.1) is 11.7 Å². The summed E-state index contributed by atoms with van der Waals surface area (Å²) in [5.74, 6) is 0.668. The molecule has 1 fully saturated rings. The van der Waals surface area contributed by atoms with E-state index in [4.69, 9.17) is 11.6 Å². The molecule has 0 radical (unpaired) electrons. The van der Waals surface area contributed by atoms with Gasteiger partial charge in [0.2, 0.25) is 0 Å². The molecular formula is C21H26ClFN6. The third-order valence-electron chi connectivity index (χ3n) is 5.51. The predicted octanol–water partition coefficient (Wildman–Crippen LogP) is 4.73. The van der Waals surface area contributed by atoms with Gasteiger partial charge in [-0.3, -0.25) is 4.90 Å². The van der Waals surface area contributed by atoms with Crippen molar-refractivity contribution in [1.82, 2.24) is 24.8 Å². The van der Waals surface area contributed by atoms with E-state index < -0.39 is 5.82 Å². The van der Waals surface area contributed by atoms with Crippen LogP contribution in [0.15, 0.2) is 24.7 Å². The van der Waals surface area contributed by atoms with Gasteiger partial charge < -0.3 is 10.3 Å². The average Bonchev–Trinajstić information content (AvgIpc) is 3.10. The normalized spacial score (nSPS) is 18.3. The highest BCUT2D eigenvalue weighted by atomic mass is 35.5. The van der Waals surface area contributed by atoms with Crippen LogP contribution >= 0.6 is 11.6 Å². The number of piperidine rings is 1. The summed E-state index contributed by atoms with van der Waals surface area (Å²) in [6, 6.07) is 1.80. The lowest BCUT2D eigenvalue weighted by molar-refractivity contribution is 0.0826. The number of aromatic amines is 1. The van der Waals surface area contributed by atoms with Crippen molar-refractivity contribution >= 4 is 28.5 Å². The molecule has 4 rings (SSSR count). The van der Waals surface area contributed by atoms with Crippen LogP contribution in [0.4, 0.5) is 10.2 Å². The van der Waals surface area contributed by atoms with Crippen molar-refractivity contribution in [2.24, 2.45) is 5.92 Å². The van der Waals surface area contributed by atoms with Crippen molar-refractivity contribution in [1.29, 1.82) is 0 Å². The van der Waals surface area contributed by atoms with Crippen molar-refractivity contribution in [2.75, 3.05) is 25.0 Å². The topological polar surface area (TPSA) is 69.7 Å². The van der Waals surface area contributed by atoms with E-state index in [1.807, 2.05) is 0 Å². The van der Waals surface area contributed by atoms with Gasteiger partial charge >= 0.3 is 0 Å². The Morgan fingerprint density at radius 1 is 1.31 bits per heavy atom. The molecule has 8 heteroatoms. The fourth-order valence-corrected chi connectivity index (χ4v) is 4.02. The van der Waals surface area contributed by atoms with Gasteiger partial charge in [-0.15, -0.1) is 0 Å². The number of likely N-dealkylation sites (tertiary alicyclic amines) is 1. The molecule has 4 heterocycles. The number of hydrogen-bond acceptors (Lipinski definition) is 5. The van der Waals surface area contributed by atoms with Crippen LogP contribution in [0.5, 0.6) is 0 Å². The highest BCUT2D eigenvalue weighted by molar-refractivity contribution is 6.31. The van der Waals surface area contributed by atoms with Crippen LogP contribution in [0.25, 0.3) is 22.4 Å². The number of anilines is 1. The van der Waals surface area contributed by atoms with Gasteiger partial charge in [-0.2, -0.15) is 0 Å². The molecule has 1 aliphatic heterocycles. The van der Waals surface area contributed by atoms with Gasteiger partial charge in [0.05, 0.1) is 11.2 Å². The van der Waals surface area contributed by atoms with E-state index in [-0.39, 0.29) is 11.4 Å². The molecule has 2 N–H and O–H groups in total. The van der Waals surface area contributed by atoms with E-state index in [9.17, 15) is 4.39 Å². The van der Waals surface area contributed by atoms with Gasteiger partial charge in [0.25, 0.3) is 0 Å². The van der Waals surface area contributed by atoms with Crippen LogP contribution in [0.3, 0.4) is 0 Å². The Labute approximate surface area is 174 Å². The van der Waals surface area contributed by atoms with Crippen LogP contribution < -0.4 is 5.32 Å². The number of fused-ring (bicyclic) bond motifs is 1. The molecule has 0 unspecified atom stereocenters. The van der Waals surface area contributed by atoms with Gasteiger partial charge in [-0.25, -0.2) is 19.3 Å². The Hall–Kier alpha value is -2.25. The van der Waals surface area contributed by atoms with Crippen molar-refractivity contribution in [3.63, 3.8) is 0 Å². The average molecular weight is 417 g/mol. The zero-order valence-electron chi connectivity index (χ0n) is 17.0. The van der Waals surface area contributed by atoms with Crippen LogP contribution in [-0.2, 0) is 0 Å². The van der Waals surface area contributed by atoms with E-state index in [0.29, 0.717) is 29.0 Å². The summed E-state index contributed by atoms with van der Waals surface area (Å²) in [6.45, 7) is 9.51. The van der Waals surface area contributed by atoms with E-state index in [1.165, 1.54) is 6.20 Å². The summed E-state index contributed by atoms with van der Waals surface area (Å²) in [7, 11) is 0. The maximum atomic E-state index is 14.4. The van der Waals surface area contributed by atoms with Crippen LogP contribution in [0.2, 0.25) is 5.02 Å². The second kappa shape index (κ2) is 7.88. The fourth-order valence-electron chi connectivity index (χ4n) is 3.87. The molecule has 6 nitrogen and oxygen atoms in total. The molecule has 1 aliphatic rings. The number of aromatic nitrogens is 4. The van der Waals surface area contributed by atoms with Crippen molar-refractivity contribution < 1.29 is 4.39 Å². The first-order valence-electron chi connectivity index (χ1n) is 9.96. The summed E-state index contributed by atoms with van der Waals surface area (Å²) in [5, 5.41) is 4.55. The summed E-state index contributed by atoms with van der Waals surface area (Å²) in [6.07, 6.45) is 6.85. The number of nitrogens with zero attached hydrogens (tertiary/aromatic N) is 4. The lowest BCUT2D eigenvalue weighted by Gasteiger charge is -2.41. The molecule has 0 amide bonds. The first kappa shape index (κ1) is 20.0. The Balaban J connectivity index is 1.52. The van der Waals surface area contributed by atoms with Gasteiger partial charge in [0.15, 0.2) is 17.5 Å². The fraction of sp³-hybridized carbons (Fsp3) is 0.476. The molecule has 3 aromatic rings. The molecule has 1 saturated heterocycles. The highest BCUT2D eigenvalue weighted by Crippen LogP contribution is 2.29. The smallest absolute Gasteiger partial charge is 0.183 e.